The third kappa shape index (κ3) is 5.16. The Bertz CT molecular complexity index is 1420. The summed E-state index contributed by atoms with van der Waals surface area (Å²) in [6, 6.07) is 23.5. The van der Waals surface area contributed by atoms with Gasteiger partial charge in [-0.3, -0.25) is 14.7 Å². The number of benzene rings is 3. The molecule has 36 heavy (non-hydrogen) atoms. The van der Waals surface area contributed by atoms with Gasteiger partial charge in [-0.15, -0.1) is 0 Å². The number of para-hydroxylation sites is 1. The molecule has 3 aromatic carbocycles. The molecule has 7 heteroatoms. The first kappa shape index (κ1) is 23.8. The number of amides is 3. The number of nitrogens with one attached hydrogen (secondary N) is 2. The van der Waals surface area contributed by atoms with E-state index in [1.165, 1.54) is 0 Å². The third-order valence-corrected chi connectivity index (χ3v) is 6.92. The van der Waals surface area contributed by atoms with Crippen molar-refractivity contribution >= 4 is 39.3 Å². The van der Waals surface area contributed by atoms with Crippen molar-refractivity contribution in [2.45, 2.75) is 19.4 Å². The molecule has 0 radical (unpaired) electrons. The van der Waals surface area contributed by atoms with Crippen molar-refractivity contribution in [1.29, 1.82) is 0 Å². The van der Waals surface area contributed by atoms with Crippen molar-refractivity contribution < 1.29 is 9.59 Å². The first-order valence-electron chi connectivity index (χ1n) is 12.4. The number of likely N-dealkylation sites (N-methyl/N-ethyl adjacent to an activating group) is 1. The van der Waals surface area contributed by atoms with Gasteiger partial charge in [0.2, 0.25) is 0 Å². The van der Waals surface area contributed by atoms with Crippen molar-refractivity contribution in [2.24, 2.45) is 0 Å². The first-order valence-corrected chi connectivity index (χ1v) is 12.4. The highest BCUT2D eigenvalue weighted by Gasteiger charge is 2.28. The van der Waals surface area contributed by atoms with Gasteiger partial charge >= 0.3 is 6.03 Å². The maximum Gasteiger partial charge on any atom is 0.319 e. The Labute approximate surface area is 211 Å². The molecule has 3 amide bonds. The van der Waals surface area contributed by atoms with Crippen LogP contribution in [0.5, 0.6) is 0 Å². The van der Waals surface area contributed by atoms with Gasteiger partial charge in [-0.05, 0) is 48.4 Å². The molecule has 2 N–H and O–H groups in total. The van der Waals surface area contributed by atoms with Gasteiger partial charge in [0.25, 0.3) is 5.91 Å². The van der Waals surface area contributed by atoms with E-state index < -0.39 is 0 Å². The van der Waals surface area contributed by atoms with E-state index in [2.05, 4.69) is 26.6 Å². The summed E-state index contributed by atoms with van der Waals surface area (Å²) in [4.78, 5) is 34.3. The van der Waals surface area contributed by atoms with Crippen LogP contribution in [-0.2, 0) is 0 Å². The van der Waals surface area contributed by atoms with Gasteiger partial charge in [0, 0.05) is 55.9 Å². The number of pyridine rings is 1. The monoisotopic (exact) mass is 481 g/mol. The normalized spacial score (nSPS) is 15.8. The maximum atomic E-state index is 13.1. The number of fused-ring (bicyclic) bond motifs is 2. The predicted molar refractivity (Wildman–Crippen MR) is 144 cm³/mol. The molecule has 1 aliphatic heterocycles. The van der Waals surface area contributed by atoms with Gasteiger partial charge in [0.05, 0.1) is 11.2 Å². The minimum absolute atomic E-state index is 0.0463. The number of carbonyl (C=O) groups is 2. The molecule has 7 nitrogen and oxygen atoms in total. The lowest BCUT2D eigenvalue weighted by atomic mass is 10.1. The lowest BCUT2D eigenvalue weighted by molar-refractivity contribution is 0.0736. The second-order valence-electron chi connectivity index (χ2n) is 9.43. The number of hydrogen-bond donors (Lipinski definition) is 2. The molecular weight excluding hydrogens is 450 g/mol. The van der Waals surface area contributed by atoms with Crippen LogP contribution in [0.3, 0.4) is 0 Å². The predicted octanol–water partition coefficient (Wildman–Crippen LogP) is 4.66. The van der Waals surface area contributed by atoms with Crippen LogP contribution in [0.25, 0.3) is 21.7 Å². The lowest BCUT2D eigenvalue weighted by Gasteiger charge is -2.25. The van der Waals surface area contributed by atoms with Gasteiger partial charge in [-0.25, -0.2) is 4.79 Å². The summed E-state index contributed by atoms with van der Waals surface area (Å²) in [7, 11) is 1.89. The summed E-state index contributed by atoms with van der Waals surface area (Å²) >= 11 is 0. The van der Waals surface area contributed by atoms with Crippen molar-refractivity contribution in [3.05, 3.63) is 84.1 Å². The summed E-state index contributed by atoms with van der Waals surface area (Å²) in [5, 5.41) is 9.04. The number of likely N-dealkylation sites (tertiary alicyclic amines) is 1. The average Bonchev–Trinajstić information content (AvgIpc) is 3.36. The molecular formula is C29H31N5O2. The number of rotatable bonds is 6. The Kier molecular flexibility index (Phi) is 6.82. The Balaban J connectivity index is 1.11. The number of urea groups is 1. The van der Waals surface area contributed by atoms with Gasteiger partial charge in [-0.1, -0.05) is 48.5 Å². The van der Waals surface area contributed by atoms with E-state index >= 15 is 0 Å². The third-order valence-electron chi connectivity index (χ3n) is 6.92. The van der Waals surface area contributed by atoms with E-state index in [1.807, 2.05) is 85.6 Å². The second-order valence-corrected chi connectivity index (χ2v) is 9.43. The fourth-order valence-corrected chi connectivity index (χ4v) is 4.93. The fourth-order valence-electron chi connectivity index (χ4n) is 4.93. The van der Waals surface area contributed by atoms with E-state index in [-0.39, 0.29) is 18.0 Å². The first-order chi connectivity index (χ1) is 17.5. The van der Waals surface area contributed by atoms with E-state index in [0.29, 0.717) is 12.1 Å². The van der Waals surface area contributed by atoms with Crippen molar-refractivity contribution in [3.63, 3.8) is 0 Å². The molecule has 1 atom stereocenters. The molecule has 4 aromatic rings. The van der Waals surface area contributed by atoms with Crippen molar-refractivity contribution in [3.8, 4) is 0 Å². The number of nitrogens with zero attached hydrogens (tertiary/aromatic N) is 3. The minimum atomic E-state index is -0.231. The van der Waals surface area contributed by atoms with Crippen LogP contribution in [0.15, 0.2) is 72.8 Å². The zero-order valence-electron chi connectivity index (χ0n) is 20.7. The van der Waals surface area contributed by atoms with Crippen LogP contribution < -0.4 is 10.6 Å². The van der Waals surface area contributed by atoms with E-state index in [0.717, 1.165) is 59.1 Å². The molecule has 1 saturated heterocycles. The van der Waals surface area contributed by atoms with E-state index in [1.54, 1.807) is 0 Å². The Morgan fingerprint density at radius 3 is 2.67 bits per heavy atom. The van der Waals surface area contributed by atoms with Crippen LogP contribution in [0, 0.1) is 6.92 Å². The van der Waals surface area contributed by atoms with Gasteiger partial charge < -0.3 is 15.5 Å². The number of carbonyl (C=O) groups excluding carboxylic acids is 2. The molecule has 2 heterocycles. The molecule has 1 unspecified atom stereocenters. The van der Waals surface area contributed by atoms with Crippen molar-refractivity contribution in [2.75, 3.05) is 38.5 Å². The summed E-state index contributed by atoms with van der Waals surface area (Å²) in [6.07, 6.45) is 0.921. The smallest absolute Gasteiger partial charge is 0.319 e. The summed E-state index contributed by atoms with van der Waals surface area (Å²) in [5.41, 5.74) is 3.19. The van der Waals surface area contributed by atoms with Crippen molar-refractivity contribution in [1.82, 2.24) is 20.1 Å². The Hall–Kier alpha value is -3.97. The number of aryl methyl sites for hydroxylation is 1. The van der Waals surface area contributed by atoms with E-state index in [9.17, 15) is 9.59 Å². The van der Waals surface area contributed by atoms with Crippen LogP contribution in [0.1, 0.15) is 22.5 Å². The second kappa shape index (κ2) is 10.3. The average molecular weight is 482 g/mol. The number of aromatic nitrogens is 1. The minimum Gasteiger partial charge on any atom is -0.337 e. The molecule has 184 valence electrons. The molecule has 1 fully saturated rings. The standard InChI is InChI=1S/C29H31N5O2/c1-20-17-27(25-9-5-6-10-26(25)31-20)32-29(36)30-14-16-34-15-13-24(19-34)33(2)28(35)23-12-11-21-7-3-4-8-22(21)18-23/h3-12,17-18,24H,13-16,19H2,1-2H3,(H2,30,31,32,36). The SMILES string of the molecule is Cc1cc(NC(=O)NCCN2CCC(N(C)C(=O)c3ccc4ccccc4c3)C2)c2ccccc2n1. The molecule has 5 rings (SSSR count). The molecule has 0 aliphatic carbocycles. The van der Waals surface area contributed by atoms with Crippen LogP contribution >= 0.6 is 0 Å². The summed E-state index contributed by atoms with van der Waals surface area (Å²) in [5.74, 6) is 0.0463. The summed E-state index contributed by atoms with van der Waals surface area (Å²) < 4.78 is 0. The molecule has 0 spiro atoms. The molecule has 1 aliphatic rings. The van der Waals surface area contributed by atoms with Gasteiger partial charge in [0.1, 0.15) is 0 Å². The van der Waals surface area contributed by atoms with Gasteiger partial charge in [-0.2, -0.15) is 0 Å². The summed E-state index contributed by atoms with van der Waals surface area (Å²) in [6.45, 7) is 4.88. The highest BCUT2D eigenvalue weighted by Crippen LogP contribution is 2.23. The van der Waals surface area contributed by atoms with Crippen LogP contribution in [0.4, 0.5) is 10.5 Å². The largest absolute Gasteiger partial charge is 0.337 e. The van der Waals surface area contributed by atoms with Crippen LogP contribution in [-0.4, -0.2) is 66.0 Å². The molecule has 1 aromatic heterocycles. The molecule has 0 bridgehead atoms. The number of anilines is 1. The molecule has 0 saturated carbocycles. The highest BCUT2D eigenvalue weighted by molar-refractivity contribution is 6.00. The fraction of sp³-hybridized carbons (Fsp3) is 0.276. The maximum absolute atomic E-state index is 13.1. The van der Waals surface area contributed by atoms with Gasteiger partial charge in [0.15, 0.2) is 0 Å². The number of hydrogen-bond acceptors (Lipinski definition) is 4. The quantitative estimate of drug-likeness (QED) is 0.420. The zero-order valence-corrected chi connectivity index (χ0v) is 20.7. The van der Waals surface area contributed by atoms with E-state index in [4.69, 9.17) is 0 Å². The zero-order chi connectivity index (χ0) is 25.1. The topological polar surface area (TPSA) is 77.6 Å². The Morgan fingerprint density at radius 2 is 1.81 bits per heavy atom. The highest BCUT2D eigenvalue weighted by atomic mass is 16.2. The van der Waals surface area contributed by atoms with Crippen LogP contribution in [0.2, 0.25) is 0 Å². The lowest BCUT2D eigenvalue weighted by Crippen LogP contribution is -2.40. The Morgan fingerprint density at radius 1 is 1.03 bits per heavy atom.